The van der Waals surface area contributed by atoms with Crippen molar-refractivity contribution in [2.24, 2.45) is 5.92 Å². The Bertz CT molecular complexity index is 775. The second-order valence-electron chi connectivity index (χ2n) is 7.58. The topological polar surface area (TPSA) is 108 Å². The fraction of sp³-hybridized carbons (Fsp3) is 0.556. The normalized spacial score (nSPS) is 27.2. The molecule has 8 heteroatoms. The molecule has 2 saturated heterocycles. The first kappa shape index (κ1) is 18.3. The van der Waals surface area contributed by atoms with Crippen LogP contribution in [0.2, 0.25) is 0 Å². The van der Waals surface area contributed by atoms with Gasteiger partial charge in [0.25, 0.3) is 5.69 Å². The van der Waals surface area contributed by atoms with Gasteiger partial charge in [0.05, 0.1) is 29.5 Å². The molecule has 0 radical (unpaired) electrons. The van der Waals surface area contributed by atoms with E-state index in [1.807, 2.05) is 13.8 Å². The smallest absolute Gasteiger partial charge is 0.307 e. The molecular formula is C18H22N2O6. The second kappa shape index (κ2) is 6.35. The molecule has 1 aromatic rings. The zero-order valence-electron chi connectivity index (χ0n) is 15.0. The lowest BCUT2D eigenvalue weighted by molar-refractivity contribution is -0.384. The van der Waals surface area contributed by atoms with Gasteiger partial charge in [-0.25, -0.2) is 0 Å². The molecule has 2 aliphatic rings. The van der Waals surface area contributed by atoms with Crippen LogP contribution in [0.5, 0.6) is 0 Å². The highest BCUT2D eigenvalue weighted by Gasteiger charge is 2.56. The average Bonchev–Trinajstić information content (AvgIpc) is 2.83. The van der Waals surface area contributed by atoms with Gasteiger partial charge in [-0.1, -0.05) is 0 Å². The number of esters is 1. The minimum Gasteiger partial charge on any atom is -0.458 e. The van der Waals surface area contributed by atoms with Gasteiger partial charge in [-0.05, 0) is 32.4 Å². The van der Waals surface area contributed by atoms with E-state index >= 15 is 0 Å². The number of nitrogens with zero attached hydrogens (tertiary/aromatic N) is 1. The summed E-state index contributed by atoms with van der Waals surface area (Å²) in [7, 11) is 0. The minimum atomic E-state index is -0.863. The van der Waals surface area contributed by atoms with E-state index in [9.17, 15) is 19.7 Å². The van der Waals surface area contributed by atoms with Crippen molar-refractivity contribution in [1.82, 2.24) is 0 Å². The summed E-state index contributed by atoms with van der Waals surface area (Å²) in [6.45, 7) is 5.93. The van der Waals surface area contributed by atoms with E-state index in [1.165, 1.54) is 18.2 Å². The number of carbonyl (C=O) groups is 2. The molecule has 2 atom stereocenters. The summed E-state index contributed by atoms with van der Waals surface area (Å²) in [5, 5.41) is 13.7. The lowest BCUT2D eigenvalue weighted by Crippen LogP contribution is -2.52. The van der Waals surface area contributed by atoms with Crippen molar-refractivity contribution < 1.29 is 24.0 Å². The van der Waals surface area contributed by atoms with E-state index < -0.39 is 22.0 Å². The number of anilines is 1. The Kier molecular flexibility index (Phi) is 4.47. The molecule has 3 rings (SSSR count). The van der Waals surface area contributed by atoms with Crippen molar-refractivity contribution >= 4 is 23.3 Å². The van der Waals surface area contributed by atoms with Gasteiger partial charge in [0, 0.05) is 30.7 Å². The Morgan fingerprint density at radius 1 is 1.38 bits per heavy atom. The molecule has 1 aromatic carbocycles. The molecule has 26 heavy (non-hydrogen) atoms. The van der Waals surface area contributed by atoms with Gasteiger partial charge in [-0.15, -0.1) is 0 Å². The molecule has 0 unspecified atom stereocenters. The van der Waals surface area contributed by atoms with Crippen molar-refractivity contribution in [3.63, 3.8) is 0 Å². The minimum absolute atomic E-state index is 0.0218. The van der Waals surface area contributed by atoms with Crippen LogP contribution in [0, 0.1) is 23.0 Å². The molecule has 0 bridgehead atoms. The van der Waals surface area contributed by atoms with Crippen LogP contribution >= 0.6 is 0 Å². The predicted molar refractivity (Wildman–Crippen MR) is 92.7 cm³/mol. The fourth-order valence-corrected chi connectivity index (χ4v) is 3.89. The Hall–Kier alpha value is -2.48. The highest BCUT2D eigenvalue weighted by molar-refractivity contribution is 5.97. The summed E-state index contributed by atoms with van der Waals surface area (Å²) < 4.78 is 11.3. The fourth-order valence-electron chi connectivity index (χ4n) is 3.89. The van der Waals surface area contributed by atoms with E-state index in [0.717, 1.165) is 0 Å². The Morgan fingerprint density at radius 2 is 2.12 bits per heavy atom. The molecule has 1 spiro atoms. The number of ether oxygens (including phenoxy) is 2. The Morgan fingerprint density at radius 3 is 2.73 bits per heavy atom. The number of nitro benzene ring substituents is 1. The molecule has 0 saturated carbocycles. The molecule has 2 fully saturated rings. The SMILES string of the molecule is Cc1cc([N+](=O)[O-])ccc1NC(=O)[C@@H]1CC(=O)O[C@]12CCOC(C)(C)C2. The first-order chi connectivity index (χ1) is 12.1. The van der Waals surface area contributed by atoms with Crippen LogP contribution in [0.15, 0.2) is 18.2 Å². The van der Waals surface area contributed by atoms with Crippen LogP contribution < -0.4 is 5.32 Å². The van der Waals surface area contributed by atoms with Crippen molar-refractivity contribution in [3.8, 4) is 0 Å². The molecule has 140 valence electrons. The van der Waals surface area contributed by atoms with Crippen molar-refractivity contribution in [3.05, 3.63) is 33.9 Å². The van der Waals surface area contributed by atoms with E-state index in [4.69, 9.17) is 9.47 Å². The summed E-state index contributed by atoms with van der Waals surface area (Å²) >= 11 is 0. The number of carbonyl (C=O) groups excluding carboxylic acids is 2. The highest BCUT2D eigenvalue weighted by atomic mass is 16.6. The highest BCUT2D eigenvalue weighted by Crippen LogP contribution is 2.46. The van der Waals surface area contributed by atoms with Crippen LogP contribution in [0.3, 0.4) is 0 Å². The van der Waals surface area contributed by atoms with Gasteiger partial charge < -0.3 is 14.8 Å². The predicted octanol–water partition coefficient (Wildman–Crippen LogP) is 2.73. The zero-order valence-corrected chi connectivity index (χ0v) is 15.0. The van der Waals surface area contributed by atoms with Gasteiger partial charge in [0.1, 0.15) is 5.60 Å². The van der Waals surface area contributed by atoms with Crippen molar-refractivity contribution in [2.45, 2.75) is 51.2 Å². The average molecular weight is 362 g/mol. The Labute approximate surface area is 151 Å². The molecule has 8 nitrogen and oxygen atoms in total. The van der Waals surface area contributed by atoms with Crippen LogP contribution in [0.25, 0.3) is 0 Å². The number of benzene rings is 1. The quantitative estimate of drug-likeness (QED) is 0.503. The third-order valence-corrected chi connectivity index (χ3v) is 5.06. The standard InChI is InChI=1S/C18H22N2O6/c1-11-8-12(20(23)24)4-5-14(11)19-16(22)13-9-15(21)26-18(13)6-7-25-17(2,3)10-18/h4-5,8,13H,6-7,9-10H2,1-3H3,(H,19,22)/t13-,18-/m0/s1. The molecule has 1 amide bonds. The summed E-state index contributed by atoms with van der Waals surface area (Å²) in [5.41, 5.74) is -0.314. The number of nitrogens with one attached hydrogen (secondary N) is 1. The zero-order chi connectivity index (χ0) is 19.1. The maximum Gasteiger partial charge on any atom is 0.307 e. The summed E-state index contributed by atoms with van der Waals surface area (Å²) in [4.78, 5) is 35.2. The summed E-state index contributed by atoms with van der Waals surface area (Å²) in [5.74, 6) is -1.32. The van der Waals surface area contributed by atoms with Crippen LogP contribution in [-0.4, -0.2) is 34.6 Å². The van der Waals surface area contributed by atoms with Crippen LogP contribution in [0.4, 0.5) is 11.4 Å². The molecule has 2 heterocycles. The van der Waals surface area contributed by atoms with E-state index in [-0.39, 0.29) is 24.0 Å². The van der Waals surface area contributed by atoms with Gasteiger partial charge >= 0.3 is 5.97 Å². The molecule has 0 aromatic heterocycles. The lowest BCUT2D eigenvalue weighted by atomic mass is 9.75. The first-order valence-corrected chi connectivity index (χ1v) is 8.54. The number of hydrogen-bond acceptors (Lipinski definition) is 6. The number of nitro groups is 1. The number of rotatable bonds is 3. The molecular weight excluding hydrogens is 340 g/mol. The van der Waals surface area contributed by atoms with Gasteiger partial charge in [-0.2, -0.15) is 0 Å². The van der Waals surface area contributed by atoms with E-state index in [1.54, 1.807) is 6.92 Å². The molecule has 2 aliphatic heterocycles. The van der Waals surface area contributed by atoms with Crippen molar-refractivity contribution in [1.29, 1.82) is 0 Å². The summed E-state index contributed by atoms with van der Waals surface area (Å²) in [6.07, 6.45) is 0.941. The number of hydrogen-bond donors (Lipinski definition) is 1. The second-order valence-corrected chi connectivity index (χ2v) is 7.58. The maximum absolute atomic E-state index is 12.9. The van der Waals surface area contributed by atoms with E-state index in [0.29, 0.717) is 30.7 Å². The van der Waals surface area contributed by atoms with Gasteiger partial charge in [0.15, 0.2) is 0 Å². The van der Waals surface area contributed by atoms with Crippen molar-refractivity contribution in [2.75, 3.05) is 11.9 Å². The molecule has 0 aliphatic carbocycles. The third-order valence-electron chi connectivity index (χ3n) is 5.06. The third kappa shape index (κ3) is 3.41. The van der Waals surface area contributed by atoms with Crippen LogP contribution in [0.1, 0.15) is 38.7 Å². The molecule has 1 N–H and O–H groups in total. The lowest BCUT2D eigenvalue weighted by Gasteiger charge is -2.43. The van der Waals surface area contributed by atoms with Gasteiger partial charge in [0.2, 0.25) is 5.91 Å². The largest absolute Gasteiger partial charge is 0.458 e. The number of aryl methyl sites for hydroxylation is 1. The first-order valence-electron chi connectivity index (χ1n) is 8.54. The number of non-ortho nitro benzene ring substituents is 1. The van der Waals surface area contributed by atoms with Crippen LogP contribution in [-0.2, 0) is 19.1 Å². The number of amides is 1. The van der Waals surface area contributed by atoms with Gasteiger partial charge in [-0.3, -0.25) is 19.7 Å². The summed E-state index contributed by atoms with van der Waals surface area (Å²) in [6, 6.07) is 4.25. The van der Waals surface area contributed by atoms with E-state index in [2.05, 4.69) is 5.32 Å². The monoisotopic (exact) mass is 362 g/mol. The maximum atomic E-state index is 12.9. The Balaban J connectivity index is 1.82.